The highest BCUT2D eigenvalue weighted by molar-refractivity contribution is 8.13. The Balaban J connectivity index is 2.31. The predicted molar refractivity (Wildman–Crippen MR) is 70.9 cm³/mol. The van der Waals surface area contributed by atoms with Crippen molar-refractivity contribution in [2.45, 2.75) is 19.4 Å². The van der Waals surface area contributed by atoms with Gasteiger partial charge in [0.2, 0.25) is 0 Å². The molecule has 0 radical (unpaired) electrons. The lowest BCUT2D eigenvalue weighted by Gasteiger charge is -2.06. The fraction of sp³-hybridized carbons (Fsp3) is 0.385. The zero-order chi connectivity index (χ0) is 13.4. The van der Waals surface area contributed by atoms with Crippen LogP contribution in [0.25, 0.3) is 0 Å². The molecule has 0 bridgehead atoms. The lowest BCUT2D eigenvalue weighted by molar-refractivity contribution is -0.401. The van der Waals surface area contributed by atoms with Crippen LogP contribution in [-0.4, -0.2) is 29.5 Å². The molecule has 0 aliphatic heterocycles. The molecule has 0 aromatic heterocycles. The molecule has 1 unspecified atom stereocenters. The van der Waals surface area contributed by atoms with Crippen molar-refractivity contribution in [2.24, 2.45) is 0 Å². The van der Waals surface area contributed by atoms with Crippen molar-refractivity contribution in [3.8, 4) is 0 Å². The van der Waals surface area contributed by atoms with Crippen molar-refractivity contribution in [3.05, 3.63) is 35.9 Å². The molecule has 98 valence electrons. The molecule has 0 saturated carbocycles. The average Bonchev–Trinajstić information content (AvgIpc) is 2.37. The van der Waals surface area contributed by atoms with E-state index in [1.807, 2.05) is 30.3 Å². The average molecular weight is 268 g/mol. The first-order valence-electron chi connectivity index (χ1n) is 5.82. The second-order valence-electron chi connectivity index (χ2n) is 3.79. The molecule has 18 heavy (non-hydrogen) atoms. The van der Waals surface area contributed by atoms with Crippen LogP contribution >= 0.6 is 11.8 Å². The van der Waals surface area contributed by atoms with E-state index in [-0.39, 0.29) is 11.1 Å². The molecule has 0 amide bonds. The summed E-state index contributed by atoms with van der Waals surface area (Å²) in [5.74, 6) is 0.0160. The first-order valence-corrected chi connectivity index (χ1v) is 6.81. The first kappa shape index (κ1) is 14.7. The number of carbonyl (C=O) groups excluding carboxylic acids is 2. The third-order valence-electron chi connectivity index (χ3n) is 2.26. The maximum absolute atomic E-state index is 11.7. The van der Waals surface area contributed by atoms with Gasteiger partial charge in [-0.25, -0.2) is 4.79 Å². The van der Waals surface area contributed by atoms with Crippen LogP contribution in [0.15, 0.2) is 30.3 Å². The maximum Gasteiger partial charge on any atom is 0.365 e. The summed E-state index contributed by atoms with van der Waals surface area (Å²) in [6.07, 6.45) is 0.376. The summed E-state index contributed by atoms with van der Waals surface area (Å²) >= 11 is 1.13. The number of esters is 1. The van der Waals surface area contributed by atoms with Gasteiger partial charge in [-0.3, -0.25) is 4.79 Å². The lowest BCUT2D eigenvalue weighted by Crippen LogP contribution is -2.66. The van der Waals surface area contributed by atoms with Crippen LogP contribution in [0.1, 0.15) is 12.5 Å². The van der Waals surface area contributed by atoms with Crippen LogP contribution in [-0.2, 0) is 20.7 Å². The fourth-order valence-electron chi connectivity index (χ4n) is 1.34. The standard InChI is InChI=1S/C13H17NO3S/c1-2-17-13(16)11(14)9-18-12(15)8-10-6-4-3-5-7-10/h3-7,11H,2,8-9,14H2,1H3/p+1. The Kier molecular flexibility index (Phi) is 6.46. The Morgan fingerprint density at radius 2 is 2.00 bits per heavy atom. The van der Waals surface area contributed by atoms with Crippen LogP contribution in [0.2, 0.25) is 0 Å². The molecule has 0 spiro atoms. The molecule has 1 aromatic rings. The van der Waals surface area contributed by atoms with E-state index < -0.39 is 6.04 Å². The molecule has 1 atom stereocenters. The Morgan fingerprint density at radius 3 is 2.61 bits per heavy atom. The molecule has 1 aromatic carbocycles. The molecule has 0 fully saturated rings. The van der Waals surface area contributed by atoms with Gasteiger partial charge in [0, 0.05) is 6.42 Å². The van der Waals surface area contributed by atoms with E-state index in [2.05, 4.69) is 5.73 Å². The van der Waals surface area contributed by atoms with E-state index in [4.69, 9.17) is 4.74 Å². The summed E-state index contributed by atoms with van der Waals surface area (Å²) in [5.41, 5.74) is 4.67. The third-order valence-corrected chi connectivity index (χ3v) is 3.29. The van der Waals surface area contributed by atoms with E-state index in [1.54, 1.807) is 6.92 Å². The summed E-state index contributed by atoms with van der Waals surface area (Å²) in [6.45, 7) is 2.09. The smallest absolute Gasteiger partial charge is 0.365 e. The van der Waals surface area contributed by atoms with Gasteiger partial charge in [-0.05, 0) is 12.5 Å². The Hall–Kier alpha value is -1.33. The second kappa shape index (κ2) is 7.89. The number of hydrogen-bond acceptors (Lipinski definition) is 4. The molecule has 1 rings (SSSR count). The number of thioether (sulfide) groups is 1. The highest BCUT2D eigenvalue weighted by atomic mass is 32.2. The summed E-state index contributed by atoms with van der Waals surface area (Å²) in [6, 6.07) is 9.03. The van der Waals surface area contributed by atoms with E-state index in [1.165, 1.54) is 0 Å². The van der Waals surface area contributed by atoms with Crippen LogP contribution < -0.4 is 5.73 Å². The number of ether oxygens (including phenoxy) is 1. The van der Waals surface area contributed by atoms with E-state index in [0.717, 1.165) is 17.3 Å². The molecule has 3 N–H and O–H groups in total. The fourth-order valence-corrected chi connectivity index (χ4v) is 2.13. The highest BCUT2D eigenvalue weighted by Crippen LogP contribution is 2.09. The number of hydrogen-bond donors (Lipinski definition) is 1. The molecular weight excluding hydrogens is 250 g/mol. The van der Waals surface area contributed by atoms with Crippen molar-refractivity contribution in [2.75, 3.05) is 12.4 Å². The van der Waals surface area contributed by atoms with Crippen molar-refractivity contribution in [1.82, 2.24) is 0 Å². The molecular formula is C13H18NO3S+. The normalized spacial score (nSPS) is 11.9. The maximum atomic E-state index is 11.7. The van der Waals surface area contributed by atoms with Crippen LogP contribution in [0.3, 0.4) is 0 Å². The monoisotopic (exact) mass is 268 g/mol. The van der Waals surface area contributed by atoms with Gasteiger partial charge in [-0.2, -0.15) is 0 Å². The number of quaternary nitrogens is 1. The zero-order valence-corrected chi connectivity index (χ0v) is 11.2. The molecule has 0 saturated heterocycles. The highest BCUT2D eigenvalue weighted by Gasteiger charge is 2.20. The minimum absolute atomic E-state index is 0.0409. The second-order valence-corrected chi connectivity index (χ2v) is 4.87. The summed E-state index contributed by atoms with van der Waals surface area (Å²) in [7, 11) is 0. The van der Waals surface area contributed by atoms with Gasteiger partial charge in [-0.1, -0.05) is 42.1 Å². The molecule has 4 nitrogen and oxygen atoms in total. The van der Waals surface area contributed by atoms with E-state index in [0.29, 0.717) is 18.8 Å². The summed E-state index contributed by atoms with van der Waals surface area (Å²) < 4.78 is 4.83. The van der Waals surface area contributed by atoms with Gasteiger partial charge in [0.1, 0.15) is 0 Å². The Labute approximate surface area is 111 Å². The summed E-state index contributed by atoms with van der Waals surface area (Å²) in [5, 5.41) is 0.0409. The number of benzene rings is 1. The quantitative estimate of drug-likeness (QED) is 0.770. The molecule has 0 aliphatic carbocycles. The topological polar surface area (TPSA) is 71.0 Å². The van der Waals surface area contributed by atoms with Crippen molar-refractivity contribution in [1.29, 1.82) is 0 Å². The Morgan fingerprint density at radius 1 is 1.33 bits per heavy atom. The largest absolute Gasteiger partial charge is 0.462 e. The zero-order valence-electron chi connectivity index (χ0n) is 10.4. The van der Waals surface area contributed by atoms with Gasteiger partial charge in [-0.15, -0.1) is 0 Å². The van der Waals surface area contributed by atoms with Gasteiger partial charge < -0.3 is 10.5 Å². The number of rotatable bonds is 6. The van der Waals surface area contributed by atoms with Crippen LogP contribution in [0, 0.1) is 0 Å². The third kappa shape index (κ3) is 5.33. The Bertz CT molecular complexity index is 394. The predicted octanol–water partition coefficient (Wildman–Crippen LogP) is 0.663. The minimum atomic E-state index is -0.491. The molecule has 5 heteroatoms. The minimum Gasteiger partial charge on any atom is -0.462 e. The summed E-state index contributed by atoms with van der Waals surface area (Å²) in [4.78, 5) is 23.0. The van der Waals surface area contributed by atoms with Gasteiger partial charge >= 0.3 is 5.97 Å². The van der Waals surface area contributed by atoms with Gasteiger partial charge in [0.05, 0.1) is 12.4 Å². The van der Waals surface area contributed by atoms with Crippen LogP contribution in [0.5, 0.6) is 0 Å². The van der Waals surface area contributed by atoms with Crippen molar-refractivity contribution >= 4 is 22.8 Å². The van der Waals surface area contributed by atoms with Crippen molar-refractivity contribution in [3.63, 3.8) is 0 Å². The number of carbonyl (C=O) groups is 2. The van der Waals surface area contributed by atoms with Gasteiger partial charge in [0.25, 0.3) is 0 Å². The molecule has 0 aliphatic rings. The van der Waals surface area contributed by atoms with Crippen molar-refractivity contribution < 1.29 is 20.1 Å². The van der Waals surface area contributed by atoms with Gasteiger partial charge in [0.15, 0.2) is 11.2 Å². The molecule has 0 heterocycles. The lowest BCUT2D eigenvalue weighted by atomic mass is 10.2. The van der Waals surface area contributed by atoms with Crippen LogP contribution in [0.4, 0.5) is 0 Å². The van der Waals surface area contributed by atoms with E-state index in [9.17, 15) is 9.59 Å². The van der Waals surface area contributed by atoms with E-state index >= 15 is 0 Å². The SMILES string of the molecule is CCOC(=O)C([NH3+])CSC(=O)Cc1ccccc1. The first-order chi connectivity index (χ1) is 8.63.